The molecule has 0 aromatic rings. The van der Waals surface area contributed by atoms with Crippen LogP contribution in [-0.2, 0) is 28.6 Å². The van der Waals surface area contributed by atoms with E-state index in [1.165, 1.54) is 103 Å². The molecule has 0 aromatic heterocycles. The van der Waals surface area contributed by atoms with E-state index in [4.69, 9.17) is 14.2 Å². The van der Waals surface area contributed by atoms with Crippen molar-refractivity contribution in [2.45, 2.75) is 297 Å². The normalized spacial score (nSPS) is 13.1. The van der Waals surface area contributed by atoms with Crippen LogP contribution < -0.4 is 0 Å². The third kappa shape index (κ3) is 67.7. The molecule has 0 bridgehead atoms. The molecule has 468 valence electrons. The number of carbonyl (C=O) groups is 3. The van der Waals surface area contributed by atoms with Gasteiger partial charge in [0.05, 0.1) is 0 Å². The quantitative estimate of drug-likeness (QED) is 0.0261. The van der Waals surface area contributed by atoms with Gasteiger partial charge in [0.25, 0.3) is 0 Å². The molecular formula is C77H124O6. The Balaban J connectivity index is 4.29. The van der Waals surface area contributed by atoms with Gasteiger partial charge in [-0.05, 0) is 141 Å². The first-order valence-electron chi connectivity index (χ1n) is 34.0. The Morgan fingerprint density at radius 1 is 0.241 bits per heavy atom. The van der Waals surface area contributed by atoms with Gasteiger partial charge in [-0.3, -0.25) is 14.4 Å². The molecule has 0 aliphatic carbocycles. The van der Waals surface area contributed by atoms with Gasteiger partial charge in [0, 0.05) is 19.3 Å². The number of unbranched alkanes of at least 4 members (excludes halogenated alkanes) is 23. The maximum atomic E-state index is 12.9. The minimum absolute atomic E-state index is 0.0999. The molecule has 6 heteroatoms. The Labute approximate surface area is 511 Å². The zero-order valence-corrected chi connectivity index (χ0v) is 53.7. The number of allylic oxidation sites excluding steroid dienone is 26. The molecule has 0 N–H and O–H groups in total. The summed E-state index contributed by atoms with van der Waals surface area (Å²) in [7, 11) is 0. The van der Waals surface area contributed by atoms with E-state index in [0.29, 0.717) is 19.3 Å². The molecule has 83 heavy (non-hydrogen) atoms. The van der Waals surface area contributed by atoms with E-state index in [0.717, 1.165) is 148 Å². The van der Waals surface area contributed by atoms with E-state index in [1.54, 1.807) is 0 Å². The number of carbonyl (C=O) groups excluding carboxylic acids is 3. The summed E-state index contributed by atoms with van der Waals surface area (Å²) in [4.78, 5) is 38.4. The SMILES string of the molecule is CC/C=C\C/C=C\C/C=C\C/C=C\C/C=C\C/C=C\CCCCCCCCCCCCCCCCC(=O)OCC(COC(=O)CCCC/C=C\C/C=C\C/C=C\C/C=C\CC)OC(=O)CCCCCCCCC/C=C\C/C=C\C/C=C\CC. The monoisotopic (exact) mass is 1140 g/mol. The van der Waals surface area contributed by atoms with Crippen molar-refractivity contribution in [2.75, 3.05) is 13.2 Å². The molecule has 0 rings (SSSR count). The molecule has 0 amide bonds. The van der Waals surface area contributed by atoms with Crippen LogP contribution in [-0.4, -0.2) is 37.2 Å². The summed E-state index contributed by atoms with van der Waals surface area (Å²) in [5, 5.41) is 0. The van der Waals surface area contributed by atoms with Gasteiger partial charge in [0.1, 0.15) is 13.2 Å². The maximum absolute atomic E-state index is 12.9. The van der Waals surface area contributed by atoms with E-state index in [1.807, 2.05) is 0 Å². The molecule has 0 aromatic carbocycles. The first-order chi connectivity index (χ1) is 41.0. The first-order valence-corrected chi connectivity index (χ1v) is 34.0. The highest BCUT2D eigenvalue weighted by atomic mass is 16.6. The summed E-state index contributed by atoms with van der Waals surface area (Å²) < 4.78 is 16.9. The highest BCUT2D eigenvalue weighted by molar-refractivity contribution is 5.71. The van der Waals surface area contributed by atoms with Crippen molar-refractivity contribution in [1.82, 2.24) is 0 Å². The largest absolute Gasteiger partial charge is 0.462 e. The third-order valence-electron chi connectivity index (χ3n) is 14.0. The molecular weight excluding hydrogens is 1020 g/mol. The number of esters is 3. The molecule has 0 aliphatic rings. The topological polar surface area (TPSA) is 78.9 Å². The van der Waals surface area contributed by atoms with Gasteiger partial charge < -0.3 is 14.2 Å². The fourth-order valence-corrected chi connectivity index (χ4v) is 9.04. The Hall–Kier alpha value is -4.97. The summed E-state index contributed by atoms with van der Waals surface area (Å²) in [5.41, 5.74) is 0. The van der Waals surface area contributed by atoms with Crippen LogP contribution in [0.2, 0.25) is 0 Å². The van der Waals surface area contributed by atoms with Gasteiger partial charge in [-0.1, -0.05) is 288 Å². The highest BCUT2D eigenvalue weighted by Crippen LogP contribution is 2.16. The fourth-order valence-electron chi connectivity index (χ4n) is 9.04. The molecule has 0 saturated heterocycles. The molecule has 0 saturated carbocycles. The van der Waals surface area contributed by atoms with Crippen LogP contribution in [0.15, 0.2) is 158 Å². The minimum Gasteiger partial charge on any atom is -0.462 e. The smallest absolute Gasteiger partial charge is 0.306 e. The van der Waals surface area contributed by atoms with E-state index in [9.17, 15) is 14.4 Å². The molecule has 0 spiro atoms. The standard InChI is InChI=1S/C77H124O6/c1-4-7-10-13-16-19-22-25-28-30-31-32-33-34-35-36-37-38-39-40-41-42-43-44-45-47-49-52-55-58-61-64-67-70-76(79)82-73-74(72-81-75(78)69-66-63-60-57-54-51-48-27-24-21-18-15-12-9-6-3)83-77(80)71-68-65-62-59-56-53-50-46-29-26-23-20-17-14-11-8-5-2/h7-12,16-21,25-29,31-32,34-35,37-38,48,54,57,74H,4-6,13-15,22-24,30,33,36,39-47,49-53,55-56,58-73H2,1-3H3/b10-7-,11-8-,12-9-,19-16-,20-17-,21-18-,28-25-,29-26-,32-31-,35-34-,38-37-,48-27-,57-54-. The Morgan fingerprint density at radius 3 is 0.699 bits per heavy atom. The maximum Gasteiger partial charge on any atom is 0.306 e. The van der Waals surface area contributed by atoms with Crippen LogP contribution in [0.1, 0.15) is 290 Å². The number of hydrogen-bond donors (Lipinski definition) is 0. The summed E-state index contributed by atoms with van der Waals surface area (Å²) in [6, 6.07) is 0. The van der Waals surface area contributed by atoms with Crippen LogP contribution in [0.5, 0.6) is 0 Å². The van der Waals surface area contributed by atoms with E-state index in [-0.39, 0.29) is 31.1 Å². The van der Waals surface area contributed by atoms with Gasteiger partial charge in [0.15, 0.2) is 6.10 Å². The highest BCUT2D eigenvalue weighted by Gasteiger charge is 2.19. The van der Waals surface area contributed by atoms with Crippen LogP contribution in [0, 0.1) is 0 Å². The second-order valence-electron chi connectivity index (χ2n) is 21.9. The van der Waals surface area contributed by atoms with E-state index in [2.05, 4.69) is 179 Å². The van der Waals surface area contributed by atoms with Crippen molar-refractivity contribution < 1.29 is 28.6 Å². The van der Waals surface area contributed by atoms with Crippen molar-refractivity contribution in [3.05, 3.63) is 158 Å². The first kappa shape index (κ1) is 78.0. The summed E-state index contributed by atoms with van der Waals surface area (Å²) in [6.45, 7) is 6.26. The summed E-state index contributed by atoms with van der Waals surface area (Å²) in [5.74, 6) is -0.952. The molecule has 1 atom stereocenters. The molecule has 0 aliphatic heterocycles. The second kappa shape index (κ2) is 69.5. The average molecular weight is 1150 g/mol. The minimum atomic E-state index is -0.808. The molecule has 0 radical (unpaired) electrons. The summed E-state index contributed by atoms with van der Waals surface area (Å²) >= 11 is 0. The molecule has 0 heterocycles. The summed E-state index contributed by atoms with van der Waals surface area (Å²) in [6.07, 6.45) is 101. The van der Waals surface area contributed by atoms with Gasteiger partial charge in [-0.2, -0.15) is 0 Å². The lowest BCUT2D eigenvalue weighted by Gasteiger charge is -2.18. The number of hydrogen-bond acceptors (Lipinski definition) is 6. The molecule has 1 unspecified atom stereocenters. The zero-order valence-electron chi connectivity index (χ0n) is 53.7. The van der Waals surface area contributed by atoms with Gasteiger partial charge in [-0.25, -0.2) is 0 Å². The van der Waals surface area contributed by atoms with Crippen LogP contribution in [0.25, 0.3) is 0 Å². The Morgan fingerprint density at radius 2 is 0.434 bits per heavy atom. The van der Waals surface area contributed by atoms with Crippen molar-refractivity contribution in [1.29, 1.82) is 0 Å². The van der Waals surface area contributed by atoms with Crippen LogP contribution in [0.3, 0.4) is 0 Å². The Bertz CT molecular complexity index is 1840. The Kier molecular flexibility index (Phi) is 65.4. The van der Waals surface area contributed by atoms with Crippen molar-refractivity contribution in [3.63, 3.8) is 0 Å². The predicted octanol–water partition coefficient (Wildman–Crippen LogP) is 23.7. The lowest BCUT2D eigenvalue weighted by molar-refractivity contribution is -0.167. The lowest BCUT2D eigenvalue weighted by Crippen LogP contribution is -2.30. The lowest BCUT2D eigenvalue weighted by atomic mass is 10.0. The molecule has 6 nitrogen and oxygen atoms in total. The van der Waals surface area contributed by atoms with Gasteiger partial charge in [0.2, 0.25) is 0 Å². The molecule has 0 fully saturated rings. The average Bonchev–Trinajstić information content (AvgIpc) is 3.49. The number of ether oxygens (including phenoxy) is 3. The van der Waals surface area contributed by atoms with Crippen molar-refractivity contribution in [3.8, 4) is 0 Å². The van der Waals surface area contributed by atoms with E-state index >= 15 is 0 Å². The van der Waals surface area contributed by atoms with Gasteiger partial charge in [-0.15, -0.1) is 0 Å². The van der Waals surface area contributed by atoms with E-state index < -0.39 is 6.10 Å². The zero-order chi connectivity index (χ0) is 59.9. The van der Waals surface area contributed by atoms with Crippen molar-refractivity contribution in [2.24, 2.45) is 0 Å². The second-order valence-corrected chi connectivity index (χ2v) is 21.9. The number of rotatable bonds is 60. The van der Waals surface area contributed by atoms with Gasteiger partial charge >= 0.3 is 17.9 Å². The van der Waals surface area contributed by atoms with Crippen molar-refractivity contribution >= 4 is 17.9 Å². The fraction of sp³-hybridized carbons (Fsp3) is 0.623. The van der Waals surface area contributed by atoms with Crippen LogP contribution in [0.4, 0.5) is 0 Å². The predicted molar refractivity (Wildman–Crippen MR) is 362 cm³/mol. The van der Waals surface area contributed by atoms with Crippen LogP contribution >= 0.6 is 0 Å². The third-order valence-corrected chi connectivity index (χ3v) is 14.0.